The van der Waals surface area contributed by atoms with E-state index in [2.05, 4.69) is 33.2 Å². The molecule has 1 fully saturated rings. The molecule has 6 heteroatoms. The topological polar surface area (TPSA) is 19.4 Å². The van der Waals surface area contributed by atoms with Gasteiger partial charge in [-0.2, -0.15) is 0 Å². The van der Waals surface area contributed by atoms with Crippen LogP contribution in [0.2, 0.25) is 4.34 Å². The molecule has 1 saturated heterocycles. The number of aromatic nitrogens is 1. The summed E-state index contributed by atoms with van der Waals surface area (Å²) in [6.07, 6.45) is 0. The van der Waals surface area contributed by atoms with Gasteiger partial charge >= 0.3 is 0 Å². The third kappa shape index (κ3) is 3.28. The predicted octanol–water partition coefficient (Wildman–Crippen LogP) is 3.49. The molecule has 102 valence electrons. The molecular weight excluding hydrogens is 298 g/mol. The Hall–Kier alpha value is -0.620. The van der Waals surface area contributed by atoms with Crippen LogP contribution in [0.15, 0.2) is 17.5 Å². The van der Waals surface area contributed by atoms with Crippen LogP contribution in [0.25, 0.3) is 0 Å². The molecule has 0 aliphatic carbocycles. The number of hydrogen-bond acceptors (Lipinski definition) is 5. The van der Waals surface area contributed by atoms with Crippen molar-refractivity contribution in [1.29, 1.82) is 0 Å². The van der Waals surface area contributed by atoms with Crippen LogP contribution in [-0.4, -0.2) is 36.1 Å². The Labute approximate surface area is 126 Å². The monoisotopic (exact) mass is 313 g/mol. The fourth-order valence-electron chi connectivity index (χ4n) is 2.24. The predicted molar refractivity (Wildman–Crippen MR) is 83.7 cm³/mol. The number of rotatable bonds is 3. The number of nitrogens with zero attached hydrogens (tertiary/aromatic N) is 3. The Balaban J connectivity index is 1.54. The Kier molecular flexibility index (Phi) is 4.07. The molecule has 0 spiro atoms. The van der Waals surface area contributed by atoms with Gasteiger partial charge in [-0.1, -0.05) is 11.6 Å². The molecule has 1 aliphatic heterocycles. The number of thiophene rings is 1. The highest BCUT2D eigenvalue weighted by Crippen LogP contribution is 2.25. The summed E-state index contributed by atoms with van der Waals surface area (Å²) in [4.78, 5) is 10.8. The molecule has 0 unspecified atom stereocenters. The van der Waals surface area contributed by atoms with Crippen LogP contribution in [0, 0.1) is 6.92 Å². The van der Waals surface area contributed by atoms with Crippen molar-refractivity contribution >= 4 is 39.4 Å². The second-order valence-electron chi connectivity index (χ2n) is 4.74. The second kappa shape index (κ2) is 5.79. The molecule has 2 aromatic heterocycles. The largest absolute Gasteiger partial charge is 0.346 e. The van der Waals surface area contributed by atoms with E-state index < -0.39 is 0 Å². The zero-order chi connectivity index (χ0) is 13.2. The van der Waals surface area contributed by atoms with Crippen LogP contribution in [0.1, 0.15) is 10.6 Å². The van der Waals surface area contributed by atoms with Crippen LogP contribution in [0.3, 0.4) is 0 Å². The lowest BCUT2D eigenvalue weighted by Crippen LogP contribution is -2.45. The number of halogens is 1. The lowest BCUT2D eigenvalue weighted by molar-refractivity contribution is 0.252. The van der Waals surface area contributed by atoms with Gasteiger partial charge in [0, 0.05) is 43.0 Å². The summed E-state index contributed by atoms with van der Waals surface area (Å²) in [5.74, 6) is 0. The van der Waals surface area contributed by atoms with Crippen molar-refractivity contribution in [3.05, 3.63) is 32.4 Å². The first-order valence-electron chi connectivity index (χ1n) is 6.34. The average Bonchev–Trinajstić information content (AvgIpc) is 3.00. The minimum atomic E-state index is 0.881. The maximum Gasteiger partial charge on any atom is 0.185 e. The van der Waals surface area contributed by atoms with E-state index in [1.54, 1.807) is 22.7 Å². The van der Waals surface area contributed by atoms with E-state index in [0.29, 0.717) is 0 Å². The summed E-state index contributed by atoms with van der Waals surface area (Å²) in [6.45, 7) is 7.37. The second-order valence-corrected chi connectivity index (χ2v) is 7.38. The van der Waals surface area contributed by atoms with Crippen LogP contribution < -0.4 is 4.90 Å². The zero-order valence-electron chi connectivity index (χ0n) is 10.8. The molecule has 0 atom stereocenters. The minimum Gasteiger partial charge on any atom is -0.346 e. The zero-order valence-corrected chi connectivity index (χ0v) is 13.2. The molecule has 2 aromatic rings. The summed E-state index contributed by atoms with van der Waals surface area (Å²) in [6, 6.07) is 4.11. The van der Waals surface area contributed by atoms with Crippen molar-refractivity contribution < 1.29 is 0 Å². The normalized spacial score (nSPS) is 17.1. The molecule has 3 heterocycles. The fourth-order valence-corrected chi connectivity index (χ4v) is 4.23. The lowest BCUT2D eigenvalue weighted by atomic mass is 10.3. The smallest absolute Gasteiger partial charge is 0.185 e. The van der Waals surface area contributed by atoms with Gasteiger partial charge in [-0.3, -0.25) is 4.90 Å². The van der Waals surface area contributed by atoms with Crippen molar-refractivity contribution in [2.24, 2.45) is 0 Å². The van der Waals surface area contributed by atoms with E-state index in [-0.39, 0.29) is 0 Å². The Morgan fingerprint density at radius 3 is 2.63 bits per heavy atom. The molecule has 0 aromatic carbocycles. The molecule has 1 aliphatic rings. The highest BCUT2D eigenvalue weighted by Gasteiger charge is 2.19. The molecule has 0 amide bonds. The van der Waals surface area contributed by atoms with Gasteiger partial charge in [0.15, 0.2) is 5.13 Å². The van der Waals surface area contributed by atoms with Crippen LogP contribution in [0.5, 0.6) is 0 Å². The standard InChI is InChI=1S/C13H16ClN3S2/c1-10-9-18-13(15-10)17-6-4-16(5-7-17)8-11-2-3-12(14)19-11/h2-3,9H,4-8H2,1H3. The highest BCUT2D eigenvalue weighted by molar-refractivity contribution is 7.16. The number of hydrogen-bond donors (Lipinski definition) is 0. The third-order valence-corrected chi connectivity index (χ3v) is 5.49. The number of aryl methyl sites for hydroxylation is 1. The maximum atomic E-state index is 5.97. The van der Waals surface area contributed by atoms with Gasteiger partial charge in [0.25, 0.3) is 0 Å². The molecule has 19 heavy (non-hydrogen) atoms. The summed E-state index contributed by atoms with van der Waals surface area (Å²) in [7, 11) is 0. The summed E-state index contributed by atoms with van der Waals surface area (Å²) >= 11 is 9.40. The number of anilines is 1. The van der Waals surface area contributed by atoms with Gasteiger partial charge in [0.05, 0.1) is 10.0 Å². The Bertz CT molecular complexity index is 544. The van der Waals surface area contributed by atoms with Crippen LogP contribution in [0.4, 0.5) is 5.13 Å². The molecule has 0 saturated carbocycles. The summed E-state index contributed by atoms with van der Waals surface area (Å²) in [5.41, 5.74) is 1.12. The van der Waals surface area contributed by atoms with Gasteiger partial charge in [-0.25, -0.2) is 4.98 Å². The molecule has 0 bridgehead atoms. The first-order valence-corrected chi connectivity index (χ1v) is 8.42. The number of piperazine rings is 1. The van der Waals surface area contributed by atoms with Crippen LogP contribution >= 0.6 is 34.3 Å². The van der Waals surface area contributed by atoms with Crippen molar-refractivity contribution in [3.63, 3.8) is 0 Å². The average molecular weight is 314 g/mol. The summed E-state index contributed by atoms with van der Waals surface area (Å²) < 4.78 is 0.881. The summed E-state index contributed by atoms with van der Waals surface area (Å²) in [5, 5.41) is 3.28. The van der Waals surface area contributed by atoms with Crippen molar-refractivity contribution in [1.82, 2.24) is 9.88 Å². The lowest BCUT2D eigenvalue weighted by Gasteiger charge is -2.34. The maximum absolute atomic E-state index is 5.97. The first kappa shape index (κ1) is 13.4. The number of thiazole rings is 1. The molecule has 0 radical (unpaired) electrons. The van der Waals surface area contributed by atoms with E-state index in [4.69, 9.17) is 11.6 Å². The molecular formula is C13H16ClN3S2. The van der Waals surface area contributed by atoms with Gasteiger partial charge in [-0.15, -0.1) is 22.7 Å². The van der Waals surface area contributed by atoms with E-state index >= 15 is 0 Å². The van der Waals surface area contributed by atoms with Crippen molar-refractivity contribution in [3.8, 4) is 0 Å². The van der Waals surface area contributed by atoms with Crippen molar-refractivity contribution in [2.45, 2.75) is 13.5 Å². The van der Waals surface area contributed by atoms with Gasteiger partial charge in [0.2, 0.25) is 0 Å². The van der Waals surface area contributed by atoms with Crippen LogP contribution in [-0.2, 0) is 6.54 Å². The SMILES string of the molecule is Cc1csc(N2CCN(Cc3ccc(Cl)s3)CC2)n1. The molecule has 0 N–H and O–H groups in total. The fraction of sp³-hybridized carbons (Fsp3) is 0.462. The quantitative estimate of drug-likeness (QED) is 0.864. The molecule has 3 rings (SSSR count). The highest BCUT2D eigenvalue weighted by atomic mass is 35.5. The Morgan fingerprint density at radius 2 is 2.05 bits per heavy atom. The minimum absolute atomic E-state index is 0.881. The molecule has 3 nitrogen and oxygen atoms in total. The van der Waals surface area contributed by atoms with E-state index in [1.807, 2.05) is 6.07 Å². The van der Waals surface area contributed by atoms with Gasteiger partial charge in [0.1, 0.15) is 0 Å². The van der Waals surface area contributed by atoms with E-state index in [1.165, 1.54) is 4.88 Å². The third-order valence-electron chi connectivity index (χ3n) is 3.26. The van der Waals surface area contributed by atoms with Gasteiger partial charge < -0.3 is 4.90 Å². The Morgan fingerprint density at radius 1 is 1.26 bits per heavy atom. The first-order chi connectivity index (χ1) is 9.20. The van der Waals surface area contributed by atoms with E-state index in [0.717, 1.165) is 47.9 Å². The van der Waals surface area contributed by atoms with Crippen molar-refractivity contribution in [2.75, 3.05) is 31.1 Å². The van der Waals surface area contributed by atoms with E-state index in [9.17, 15) is 0 Å². The van der Waals surface area contributed by atoms with Gasteiger partial charge in [-0.05, 0) is 19.1 Å².